The quantitative estimate of drug-likeness (QED) is 0.0345. The Kier molecular flexibility index (Phi) is 29.6. The van der Waals surface area contributed by atoms with Gasteiger partial charge in [-0.05, 0) is 64.2 Å². The highest BCUT2D eigenvalue weighted by atomic mass is 31.2. The number of hydrogen-bond donors (Lipinski definition) is 2. The number of esters is 2. The third-order valence-corrected chi connectivity index (χ3v) is 7.32. The molecule has 0 heterocycles. The maximum absolute atomic E-state index is 12.3. The van der Waals surface area contributed by atoms with Crippen LogP contribution in [0.15, 0.2) is 48.6 Å². The van der Waals surface area contributed by atoms with Gasteiger partial charge in [0.05, 0.1) is 6.61 Å². The van der Waals surface area contributed by atoms with Crippen molar-refractivity contribution in [1.29, 1.82) is 0 Å². The summed E-state index contributed by atoms with van der Waals surface area (Å²) in [6.07, 6.45) is 35.5. The van der Waals surface area contributed by atoms with Crippen molar-refractivity contribution in [2.45, 2.75) is 148 Å². The first kappa shape index (κ1) is 42.0. The summed E-state index contributed by atoms with van der Waals surface area (Å²) in [5, 5.41) is 0. The van der Waals surface area contributed by atoms with Crippen LogP contribution < -0.4 is 0 Å². The number of allylic oxidation sites excluding steroid dienone is 8. The molecule has 0 aliphatic carbocycles. The normalized spacial score (nSPS) is 13.1. The number of carbonyl (C=O) groups excluding carboxylic acids is 2. The molecule has 0 saturated carbocycles. The molecule has 0 aromatic carbocycles. The van der Waals surface area contributed by atoms with E-state index in [1.165, 1.54) is 12.8 Å². The van der Waals surface area contributed by atoms with Crippen molar-refractivity contribution >= 4 is 19.8 Å². The number of rotatable bonds is 30. The monoisotopic (exact) mass is 640 g/mol. The van der Waals surface area contributed by atoms with Gasteiger partial charge in [-0.1, -0.05) is 114 Å². The maximum Gasteiger partial charge on any atom is 0.469 e. The van der Waals surface area contributed by atoms with Gasteiger partial charge in [0, 0.05) is 12.8 Å². The van der Waals surface area contributed by atoms with Gasteiger partial charge in [-0.25, -0.2) is 4.57 Å². The van der Waals surface area contributed by atoms with Crippen molar-refractivity contribution < 1.29 is 37.9 Å². The van der Waals surface area contributed by atoms with Crippen molar-refractivity contribution in [2.24, 2.45) is 0 Å². The lowest BCUT2D eigenvalue weighted by molar-refractivity contribution is -0.161. The lowest BCUT2D eigenvalue weighted by atomic mass is 10.1. The third kappa shape index (κ3) is 32.9. The fourth-order valence-electron chi connectivity index (χ4n) is 4.31. The summed E-state index contributed by atoms with van der Waals surface area (Å²) < 4.78 is 26.2. The first-order valence-corrected chi connectivity index (χ1v) is 18.5. The molecule has 0 aliphatic heterocycles. The molecule has 0 rings (SSSR count). The molecule has 0 aromatic rings. The molecule has 0 radical (unpaired) electrons. The zero-order valence-corrected chi connectivity index (χ0v) is 28.4. The molecule has 0 amide bonds. The van der Waals surface area contributed by atoms with Crippen LogP contribution in [0, 0.1) is 0 Å². The van der Waals surface area contributed by atoms with Crippen molar-refractivity contribution in [3.05, 3.63) is 48.6 Å². The van der Waals surface area contributed by atoms with Gasteiger partial charge in [0.15, 0.2) is 6.10 Å². The Morgan fingerprint density at radius 2 is 1.09 bits per heavy atom. The molecular weight excluding hydrogens is 579 g/mol. The van der Waals surface area contributed by atoms with E-state index in [0.29, 0.717) is 12.8 Å². The number of carbonyl (C=O) groups is 2. The Morgan fingerprint density at radius 3 is 1.66 bits per heavy atom. The molecular formula is C35H61O8P. The summed E-state index contributed by atoms with van der Waals surface area (Å²) in [5.74, 6) is -0.922. The zero-order valence-electron chi connectivity index (χ0n) is 27.5. The van der Waals surface area contributed by atoms with Gasteiger partial charge in [0.2, 0.25) is 0 Å². The number of phosphoric acid groups is 1. The molecule has 1 unspecified atom stereocenters. The highest BCUT2D eigenvalue weighted by molar-refractivity contribution is 7.46. The average molecular weight is 641 g/mol. The summed E-state index contributed by atoms with van der Waals surface area (Å²) >= 11 is 0. The first-order valence-electron chi connectivity index (χ1n) is 16.9. The summed E-state index contributed by atoms with van der Waals surface area (Å²) in [5.41, 5.74) is 0. The molecule has 0 fully saturated rings. The topological polar surface area (TPSA) is 119 Å². The number of unbranched alkanes of at least 4 members (excludes halogenated alkanes) is 12. The van der Waals surface area contributed by atoms with Gasteiger partial charge >= 0.3 is 19.8 Å². The van der Waals surface area contributed by atoms with E-state index < -0.39 is 32.5 Å². The van der Waals surface area contributed by atoms with Gasteiger partial charge in [0.1, 0.15) is 6.61 Å². The molecule has 1 atom stereocenters. The SMILES string of the molecule is CC/C=C\C/C=C\C/C=C\CCCCCCCC(=O)OC(COC(=O)CCCCCCC/C=C\CCCC)COP(=O)(O)O. The molecule has 0 aliphatic rings. The average Bonchev–Trinajstić information content (AvgIpc) is 2.98. The predicted octanol–water partition coefficient (Wildman–Crippen LogP) is 9.62. The smallest absolute Gasteiger partial charge is 0.462 e. The standard InChI is InChI=1S/C35H61O8P/c1-3-5-7-9-11-13-15-16-17-18-20-22-24-26-28-30-35(37)43-33(32-42-44(38,39)40)31-41-34(36)29-27-25-23-21-19-14-12-10-8-6-4-2/h5,7,10-13,16-17,33H,3-4,6,8-9,14-15,18-32H2,1-2H3,(H2,38,39,40)/b7-5-,12-10-,13-11-,17-16-. The second-order valence-electron chi connectivity index (χ2n) is 11.1. The Balaban J connectivity index is 4.07. The highest BCUT2D eigenvalue weighted by Crippen LogP contribution is 2.35. The molecule has 8 nitrogen and oxygen atoms in total. The molecule has 9 heteroatoms. The van der Waals surface area contributed by atoms with E-state index in [9.17, 15) is 14.2 Å². The van der Waals surface area contributed by atoms with Crippen molar-refractivity contribution in [1.82, 2.24) is 0 Å². The second kappa shape index (κ2) is 31.0. The van der Waals surface area contributed by atoms with Crippen molar-refractivity contribution in [3.63, 3.8) is 0 Å². The first-order chi connectivity index (χ1) is 21.3. The van der Waals surface area contributed by atoms with E-state index in [1.807, 2.05) is 0 Å². The molecule has 44 heavy (non-hydrogen) atoms. The fourth-order valence-corrected chi connectivity index (χ4v) is 4.67. The lowest BCUT2D eigenvalue weighted by Crippen LogP contribution is -2.29. The van der Waals surface area contributed by atoms with Gasteiger partial charge in [-0.15, -0.1) is 0 Å². The van der Waals surface area contributed by atoms with E-state index in [1.54, 1.807) is 0 Å². The van der Waals surface area contributed by atoms with Crippen molar-refractivity contribution in [2.75, 3.05) is 13.2 Å². The van der Waals surface area contributed by atoms with Gasteiger partial charge < -0.3 is 19.3 Å². The van der Waals surface area contributed by atoms with E-state index >= 15 is 0 Å². The fraction of sp³-hybridized carbons (Fsp3) is 0.714. The van der Waals surface area contributed by atoms with Crippen LogP contribution in [0.4, 0.5) is 0 Å². The molecule has 0 aromatic heterocycles. The summed E-state index contributed by atoms with van der Waals surface area (Å²) in [4.78, 5) is 42.5. The Bertz CT molecular complexity index is 859. The molecule has 0 bridgehead atoms. The summed E-state index contributed by atoms with van der Waals surface area (Å²) in [7, 11) is -4.75. The lowest BCUT2D eigenvalue weighted by Gasteiger charge is -2.18. The maximum atomic E-state index is 12.3. The van der Waals surface area contributed by atoms with Gasteiger partial charge in [-0.2, -0.15) is 0 Å². The van der Waals surface area contributed by atoms with E-state index in [2.05, 4.69) is 67.0 Å². The van der Waals surface area contributed by atoms with E-state index in [0.717, 1.165) is 89.9 Å². The van der Waals surface area contributed by atoms with Crippen LogP contribution in [0.3, 0.4) is 0 Å². The summed E-state index contributed by atoms with van der Waals surface area (Å²) in [6, 6.07) is 0. The third-order valence-electron chi connectivity index (χ3n) is 6.83. The number of phosphoric ester groups is 1. The molecule has 0 saturated heterocycles. The van der Waals surface area contributed by atoms with Crippen LogP contribution in [-0.2, 0) is 28.2 Å². The highest BCUT2D eigenvalue weighted by Gasteiger charge is 2.22. The minimum absolute atomic E-state index is 0.189. The van der Waals surface area contributed by atoms with Crippen LogP contribution in [0.2, 0.25) is 0 Å². The van der Waals surface area contributed by atoms with Crippen LogP contribution in [0.25, 0.3) is 0 Å². The molecule has 254 valence electrons. The van der Waals surface area contributed by atoms with Crippen LogP contribution in [0.1, 0.15) is 142 Å². The molecule has 0 spiro atoms. The van der Waals surface area contributed by atoms with Crippen molar-refractivity contribution in [3.8, 4) is 0 Å². The van der Waals surface area contributed by atoms with Crippen LogP contribution in [0.5, 0.6) is 0 Å². The largest absolute Gasteiger partial charge is 0.469 e. The zero-order chi connectivity index (χ0) is 32.6. The van der Waals surface area contributed by atoms with E-state index in [-0.39, 0.29) is 19.4 Å². The van der Waals surface area contributed by atoms with Gasteiger partial charge in [0.25, 0.3) is 0 Å². The van der Waals surface area contributed by atoms with E-state index in [4.69, 9.17) is 19.3 Å². The number of ether oxygens (including phenoxy) is 2. The Hall–Kier alpha value is -1.99. The Labute approximate surface area is 267 Å². The van der Waals surface area contributed by atoms with Crippen LogP contribution >= 0.6 is 7.82 Å². The van der Waals surface area contributed by atoms with Crippen LogP contribution in [-0.4, -0.2) is 41.0 Å². The second-order valence-corrected chi connectivity index (χ2v) is 12.3. The molecule has 2 N–H and O–H groups in total. The predicted molar refractivity (Wildman–Crippen MR) is 179 cm³/mol. The summed E-state index contributed by atoms with van der Waals surface area (Å²) in [6.45, 7) is 3.48. The minimum atomic E-state index is -4.75. The Morgan fingerprint density at radius 1 is 0.614 bits per heavy atom. The van der Waals surface area contributed by atoms with Gasteiger partial charge in [-0.3, -0.25) is 14.1 Å². The minimum Gasteiger partial charge on any atom is -0.462 e. The number of hydrogen-bond acceptors (Lipinski definition) is 6.